The Kier molecular flexibility index (Phi) is 5.15. The van der Waals surface area contributed by atoms with Gasteiger partial charge in [0, 0.05) is 12.1 Å². The zero-order chi connectivity index (χ0) is 15.4. The summed E-state index contributed by atoms with van der Waals surface area (Å²) in [4.78, 5) is 0. The molecule has 0 aromatic heterocycles. The van der Waals surface area contributed by atoms with Crippen LogP contribution in [0, 0.1) is 11.6 Å². The smallest absolute Gasteiger partial charge is 0.138 e. The normalized spacial score (nSPS) is 12.2. The molecule has 2 aromatic carbocycles. The summed E-state index contributed by atoms with van der Waals surface area (Å²) in [6.45, 7) is 2.07. The Morgan fingerprint density at radius 1 is 1.14 bits per heavy atom. The summed E-state index contributed by atoms with van der Waals surface area (Å²) in [7, 11) is 1.86. The van der Waals surface area contributed by atoms with E-state index in [-0.39, 0.29) is 12.6 Å². The second-order valence-corrected chi connectivity index (χ2v) is 5.17. The Bertz CT molecular complexity index is 613. The highest BCUT2D eigenvalue weighted by molar-refractivity contribution is 6.32. The van der Waals surface area contributed by atoms with Gasteiger partial charge in [-0.15, -0.1) is 0 Å². The molecule has 0 saturated carbocycles. The lowest BCUT2D eigenvalue weighted by Crippen LogP contribution is -2.12. The molecule has 1 unspecified atom stereocenters. The van der Waals surface area contributed by atoms with Crippen molar-refractivity contribution in [1.82, 2.24) is 5.32 Å². The molecule has 0 bridgehead atoms. The van der Waals surface area contributed by atoms with Crippen LogP contribution < -0.4 is 10.1 Å². The molecule has 0 fully saturated rings. The quantitative estimate of drug-likeness (QED) is 0.879. The minimum absolute atomic E-state index is 0.0509. The maximum Gasteiger partial charge on any atom is 0.138 e. The van der Waals surface area contributed by atoms with Crippen molar-refractivity contribution in [1.29, 1.82) is 0 Å². The van der Waals surface area contributed by atoms with Crippen LogP contribution >= 0.6 is 11.6 Å². The third kappa shape index (κ3) is 4.16. The van der Waals surface area contributed by atoms with E-state index in [1.807, 2.05) is 26.1 Å². The summed E-state index contributed by atoms with van der Waals surface area (Å²) in [5.74, 6) is -0.774. The molecule has 2 nitrogen and oxygen atoms in total. The molecule has 0 aliphatic carbocycles. The first-order valence-corrected chi connectivity index (χ1v) is 6.92. The van der Waals surface area contributed by atoms with E-state index in [0.29, 0.717) is 16.3 Å². The van der Waals surface area contributed by atoms with Crippen LogP contribution in [0.2, 0.25) is 5.02 Å². The lowest BCUT2D eigenvalue weighted by atomic mass is 10.1. The molecule has 0 radical (unpaired) electrons. The highest BCUT2D eigenvalue weighted by Gasteiger charge is 2.08. The summed E-state index contributed by atoms with van der Waals surface area (Å²) in [5.41, 5.74) is 1.45. The van der Waals surface area contributed by atoms with Crippen molar-refractivity contribution in [3.63, 3.8) is 0 Å². The van der Waals surface area contributed by atoms with Gasteiger partial charge in [0.15, 0.2) is 0 Å². The highest BCUT2D eigenvalue weighted by atomic mass is 35.5. The van der Waals surface area contributed by atoms with E-state index in [0.717, 1.165) is 11.6 Å². The predicted octanol–water partition coefficient (Wildman–Crippen LogP) is 4.48. The predicted molar refractivity (Wildman–Crippen MR) is 79.6 cm³/mol. The van der Waals surface area contributed by atoms with Gasteiger partial charge in [-0.1, -0.05) is 17.7 Å². The summed E-state index contributed by atoms with van der Waals surface area (Å²) >= 11 is 6.16. The largest absolute Gasteiger partial charge is 0.487 e. The number of nitrogens with one attached hydrogen (secondary N) is 1. The molecule has 0 saturated heterocycles. The Labute approximate surface area is 127 Å². The van der Waals surface area contributed by atoms with Gasteiger partial charge >= 0.3 is 0 Å². The highest BCUT2D eigenvalue weighted by Crippen LogP contribution is 2.28. The van der Waals surface area contributed by atoms with Crippen molar-refractivity contribution in [2.24, 2.45) is 0 Å². The van der Waals surface area contributed by atoms with Crippen LogP contribution in [0.5, 0.6) is 5.75 Å². The minimum atomic E-state index is -0.627. The van der Waals surface area contributed by atoms with E-state index in [2.05, 4.69) is 5.32 Å². The van der Waals surface area contributed by atoms with Crippen LogP contribution in [-0.4, -0.2) is 7.05 Å². The van der Waals surface area contributed by atoms with Crippen molar-refractivity contribution >= 4 is 11.6 Å². The van der Waals surface area contributed by atoms with Crippen molar-refractivity contribution in [2.45, 2.75) is 19.6 Å². The number of hydrogen-bond donors (Lipinski definition) is 1. The molecule has 0 aliphatic heterocycles. The van der Waals surface area contributed by atoms with Gasteiger partial charge in [-0.25, -0.2) is 8.78 Å². The van der Waals surface area contributed by atoms with E-state index < -0.39 is 11.6 Å². The molecular formula is C16H16ClF2NO. The minimum Gasteiger partial charge on any atom is -0.487 e. The molecule has 0 amide bonds. The fourth-order valence-electron chi connectivity index (χ4n) is 1.93. The summed E-state index contributed by atoms with van der Waals surface area (Å²) < 4.78 is 31.7. The Morgan fingerprint density at radius 3 is 2.38 bits per heavy atom. The second-order valence-electron chi connectivity index (χ2n) is 4.77. The molecule has 112 valence electrons. The molecule has 21 heavy (non-hydrogen) atoms. The van der Waals surface area contributed by atoms with Crippen LogP contribution in [0.3, 0.4) is 0 Å². The summed E-state index contributed by atoms with van der Waals surface area (Å²) in [5, 5.41) is 3.58. The average Bonchev–Trinajstić information content (AvgIpc) is 2.44. The monoisotopic (exact) mass is 311 g/mol. The lowest BCUT2D eigenvalue weighted by Gasteiger charge is -2.13. The Balaban J connectivity index is 2.09. The van der Waals surface area contributed by atoms with Gasteiger partial charge in [0.05, 0.1) is 5.02 Å². The second kappa shape index (κ2) is 6.87. The molecule has 2 rings (SSSR count). The fraction of sp³-hybridized carbons (Fsp3) is 0.250. The molecule has 1 atom stereocenters. The topological polar surface area (TPSA) is 21.3 Å². The molecule has 5 heteroatoms. The standard InChI is InChI=1S/C16H16ClF2NO/c1-10(20-2)12-3-4-16(15(17)7-12)21-9-11-5-13(18)8-14(19)6-11/h3-8,10,20H,9H2,1-2H3. The molecular weight excluding hydrogens is 296 g/mol. The maximum absolute atomic E-state index is 13.1. The van der Waals surface area contributed by atoms with Gasteiger partial charge < -0.3 is 10.1 Å². The third-order valence-corrected chi connectivity index (χ3v) is 3.50. The Morgan fingerprint density at radius 2 is 1.81 bits per heavy atom. The van der Waals surface area contributed by atoms with Crippen LogP contribution in [-0.2, 0) is 6.61 Å². The number of halogens is 3. The lowest BCUT2D eigenvalue weighted by molar-refractivity contribution is 0.305. The number of hydrogen-bond acceptors (Lipinski definition) is 2. The van der Waals surface area contributed by atoms with E-state index in [9.17, 15) is 8.78 Å². The molecule has 0 spiro atoms. The van der Waals surface area contributed by atoms with Gasteiger partial charge in [0.25, 0.3) is 0 Å². The van der Waals surface area contributed by atoms with Crippen molar-refractivity contribution in [3.05, 3.63) is 64.2 Å². The van der Waals surface area contributed by atoms with E-state index in [1.54, 1.807) is 6.07 Å². The van der Waals surface area contributed by atoms with Gasteiger partial charge in [0.1, 0.15) is 24.0 Å². The first-order valence-electron chi connectivity index (χ1n) is 6.54. The first-order chi connectivity index (χ1) is 9.99. The number of ether oxygens (including phenoxy) is 1. The maximum atomic E-state index is 13.1. The van der Waals surface area contributed by atoms with Crippen LogP contribution in [0.1, 0.15) is 24.1 Å². The fourth-order valence-corrected chi connectivity index (χ4v) is 2.17. The number of benzene rings is 2. The zero-order valence-electron chi connectivity index (χ0n) is 11.8. The van der Waals surface area contributed by atoms with Gasteiger partial charge in [-0.2, -0.15) is 0 Å². The zero-order valence-corrected chi connectivity index (χ0v) is 12.5. The van der Waals surface area contributed by atoms with Gasteiger partial charge in [-0.3, -0.25) is 0 Å². The Hall–Kier alpha value is -1.65. The molecule has 0 heterocycles. The average molecular weight is 312 g/mol. The molecule has 2 aromatic rings. The summed E-state index contributed by atoms with van der Waals surface area (Å²) in [6.07, 6.45) is 0. The van der Waals surface area contributed by atoms with Crippen LogP contribution in [0.4, 0.5) is 8.78 Å². The van der Waals surface area contributed by atoms with Crippen molar-refractivity contribution < 1.29 is 13.5 Å². The van der Waals surface area contributed by atoms with Crippen molar-refractivity contribution in [3.8, 4) is 5.75 Å². The van der Waals surface area contributed by atoms with Crippen molar-refractivity contribution in [2.75, 3.05) is 7.05 Å². The van der Waals surface area contributed by atoms with Crippen LogP contribution in [0.25, 0.3) is 0 Å². The molecule has 0 aliphatic rings. The first kappa shape index (κ1) is 15.7. The van der Waals surface area contributed by atoms with E-state index in [4.69, 9.17) is 16.3 Å². The van der Waals surface area contributed by atoms with E-state index in [1.165, 1.54) is 12.1 Å². The third-order valence-electron chi connectivity index (χ3n) is 3.21. The summed E-state index contributed by atoms with van der Waals surface area (Å²) in [6, 6.07) is 8.92. The van der Waals surface area contributed by atoms with Gasteiger partial charge in [-0.05, 0) is 49.4 Å². The van der Waals surface area contributed by atoms with Crippen LogP contribution in [0.15, 0.2) is 36.4 Å². The van der Waals surface area contributed by atoms with E-state index >= 15 is 0 Å². The molecule has 1 N–H and O–H groups in total. The number of rotatable bonds is 5. The SMILES string of the molecule is CNC(C)c1ccc(OCc2cc(F)cc(F)c2)c(Cl)c1. The van der Waals surface area contributed by atoms with Gasteiger partial charge in [0.2, 0.25) is 0 Å².